The molecule has 0 saturated heterocycles. The van der Waals surface area contributed by atoms with Crippen LogP contribution in [-0.2, 0) is 23.2 Å². The molecule has 0 fully saturated rings. The molecule has 0 radical (unpaired) electrons. The van der Waals surface area contributed by atoms with Crippen LogP contribution in [0.25, 0.3) is 0 Å². The zero-order valence-electron chi connectivity index (χ0n) is 8.39. The second-order valence-electron chi connectivity index (χ2n) is 1.28. The van der Waals surface area contributed by atoms with Crippen molar-refractivity contribution in [2.75, 3.05) is 0 Å². The molecule has 0 spiro atoms. The summed E-state index contributed by atoms with van der Waals surface area (Å²) in [6.07, 6.45) is 0. The van der Waals surface area contributed by atoms with Gasteiger partial charge in [0.15, 0.2) is 0 Å². The Labute approximate surface area is 135 Å². The van der Waals surface area contributed by atoms with Crippen molar-refractivity contribution in [3.63, 3.8) is 0 Å². The second kappa shape index (κ2) is 29.9. The molecular weight excluding hydrogens is 408 g/mol. The predicted molar refractivity (Wildman–Crippen MR) is 67.8 cm³/mol. The zero-order valence-corrected chi connectivity index (χ0v) is 13.7. The molecule has 0 saturated carbocycles. The summed E-state index contributed by atoms with van der Waals surface area (Å²) >= 11 is 15.7. The number of thiocarbonyl (C=S) groups is 4. The van der Waals surface area contributed by atoms with Gasteiger partial charge >= 0.3 is 23.2 Å². The Bertz CT molecular complexity index is 192. The molecule has 9 nitrogen and oxygen atoms in total. The van der Waals surface area contributed by atoms with E-state index in [2.05, 4.69) is 71.8 Å². The first-order valence-corrected chi connectivity index (χ1v) is 5.41. The SMILES string of the molecule is NC([O-])=S.NC([O-])=S.NC([O-])=S.NC([O-])=S.[O]=[Mo+4]. The molecule has 8 N–H and O–H groups in total. The summed E-state index contributed by atoms with van der Waals surface area (Å²) in [5.74, 6) is 0. The van der Waals surface area contributed by atoms with Crippen LogP contribution in [0.1, 0.15) is 0 Å². The molecule has 0 aromatic rings. The topological polar surface area (TPSA) is 213 Å². The van der Waals surface area contributed by atoms with E-state index in [1.54, 1.807) is 0 Å². The van der Waals surface area contributed by atoms with Crippen molar-refractivity contribution in [2.24, 2.45) is 22.9 Å². The quantitative estimate of drug-likeness (QED) is 0.214. The van der Waals surface area contributed by atoms with Gasteiger partial charge in [-0.05, 0) is 0 Å². The van der Waals surface area contributed by atoms with Crippen molar-refractivity contribution < 1.29 is 43.6 Å². The van der Waals surface area contributed by atoms with Crippen LogP contribution in [0.3, 0.4) is 0 Å². The molecule has 0 aliphatic carbocycles. The Balaban J connectivity index is -0.0000000399. The fourth-order valence-corrected chi connectivity index (χ4v) is 0. The number of hydrogen-bond donors (Lipinski definition) is 4. The third-order valence-corrected chi connectivity index (χ3v) is 0. The first-order valence-electron chi connectivity index (χ1n) is 2.95. The van der Waals surface area contributed by atoms with Gasteiger partial charge in [0.2, 0.25) is 0 Å². The van der Waals surface area contributed by atoms with Crippen LogP contribution >= 0.6 is 48.9 Å². The third-order valence-electron chi connectivity index (χ3n) is 0. The molecular formula is C4H8MoN4O5S4. The van der Waals surface area contributed by atoms with Crippen molar-refractivity contribution in [3.05, 3.63) is 0 Å². The van der Waals surface area contributed by atoms with E-state index in [1.807, 2.05) is 0 Å². The Morgan fingerprint density at radius 2 is 0.611 bits per heavy atom. The standard InChI is InChI=1S/4CH3NOS.Mo.O/c4*2-1(3)4;;/h4*(H3,2,3,4);;/q;;;;+4;/p-4. The molecule has 0 rings (SSSR count). The summed E-state index contributed by atoms with van der Waals surface area (Å²) in [6.45, 7) is 0. The van der Waals surface area contributed by atoms with Crippen LogP contribution in [0.2, 0.25) is 0 Å². The molecule has 104 valence electrons. The van der Waals surface area contributed by atoms with Gasteiger partial charge in [-0.1, -0.05) is 48.9 Å². The molecule has 0 aliphatic heterocycles. The first kappa shape index (κ1) is 30.4. The molecule has 0 unspecified atom stereocenters. The first-order chi connectivity index (χ1) is 7.93. The Morgan fingerprint density at radius 3 is 0.611 bits per heavy atom. The zero-order chi connectivity index (χ0) is 16.3. The van der Waals surface area contributed by atoms with Crippen molar-refractivity contribution in [1.29, 1.82) is 0 Å². The van der Waals surface area contributed by atoms with Gasteiger partial charge in [0.1, 0.15) is 0 Å². The van der Waals surface area contributed by atoms with Crippen LogP contribution in [0.4, 0.5) is 0 Å². The average Bonchev–Trinajstić information content (AvgIpc) is 2.01. The van der Waals surface area contributed by atoms with Crippen LogP contribution in [-0.4, -0.2) is 20.7 Å². The number of rotatable bonds is 0. The van der Waals surface area contributed by atoms with Crippen LogP contribution < -0.4 is 43.4 Å². The van der Waals surface area contributed by atoms with E-state index in [0.29, 0.717) is 19.8 Å². The van der Waals surface area contributed by atoms with Crippen molar-refractivity contribution in [2.45, 2.75) is 0 Å². The fourth-order valence-electron chi connectivity index (χ4n) is 0. The maximum absolute atomic E-state index is 9.04. The van der Waals surface area contributed by atoms with Gasteiger partial charge in [0, 0.05) is 20.7 Å². The maximum atomic E-state index is 9.04. The van der Waals surface area contributed by atoms with E-state index in [0.717, 1.165) is 0 Å². The molecule has 0 aliphatic rings. The van der Waals surface area contributed by atoms with E-state index in [9.17, 15) is 0 Å². The summed E-state index contributed by atoms with van der Waals surface area (Å²) in [5.41, 5.74) is 17.1. The number of nitrogens with two attached hydrogens (primary N) is 4. The molecule has 18 heavy (non-hydrogen) atoms. The third kappa shape index (κ3) is 5480. The van der Waals surface area contributed by atoms with Crippen molar-refractivity contribution >= 4 is 69.6 Å². The van der Waals surface area contributed by atoms with Crippen molar-refractivity contribution in [1.82, 2.24) is 0 Å². The Kier molecular flexibility index (Phi) is 50.4. The monoisotopic (exact) mass is 418 g/mol. The van der Waals surface area contributed by atoms with Gasteiger partial charge in [-0.3, -0.25) is 0 Å². The minimum atomic E-state index is -0.750. The Hall–Kier alpha value is -0.752. The summed E-state index contributed by atoms with van der Waals surface area (Å²) in [4.78, 5) is 0. The molecule has 0 bridgehead atoms. The normalized spacial score (nSPS) is 5.67. The molecule has 14 heteroatoms. The minimum absolute atomic E-state index is 0.700. The number of hydrogen-bond acceptors (Lipinski definition) is 9. The molecule has 0 aromatic heterocycles. The molecule has 0 aromatic carbocycles. The average molecular weight is 416 g/mol. The summed E-state index contributed by atoms with van der Waals surface area (Å²) in [5, 5.41) is 33.1. The van der Waals surface area contributed by atoms with E-state index in [1.165, 1.54) is 0 Å². The second-order valence-corrected chi connectivity index (χ2v) is 2.89. The summed E-state index contributed by atoms with van der Waals surface area (Å²) in [7, 11) is 0. The Morgan fingerprint density at radius 1 is 0.611 bits per heavy atom. The van der Waals surface area contributed by atoms with E-state index >= 15 is 0 Å². The van der Waals surface area contributed by atoms with E-state index in [-0.39, 0.29) is 0 Å². The van der Waals surface area contributed by atoms with Gasteiger partial charge in [0.05, 0.1) is 0 Å². The van der Waals surface area contributed by atoms with Crippen LogP contribution in [0.15, 0.2) is 0 Å². The molecule has 0 heterocycles. The predicted octanol–water partition coefficient (Wildman–Crippen LogP) is -5.76. The van der Waals surface area contributed by atoms with Gasteiger partial charge in [0.25, 0.3) is 0 Å². The molecule has 0 amide bonds. The molecule has 0 atom stereocenters. The van der Waals surface area contributed by atoms with Crippen LogP contribution in [0, 0.1) is 0 Å². The van der Waals surface area contributed by atoms with Crippen LogP contribution in [0.5, 0.6) is 0 Å². The van der Waals surface area contributed by atoms with Gasteiger partial charge in [-0.25, -0.2) is 0 Å². The summed E-state index contributed by atoms with van der Waals surface area (Å²) in [6, 6.07) is 0. The van der Waals surface area contributed by atoms with E-state index in [4.69, 9.17) is 23.8 Å². The van der Waals surface area contributed by atoms with Crippen molar-refractivity contribution in [3.8, 4) is 0 Å². The van der Waals surface area contributed by atoms with Gasteiger partial charge < -0.3 is 43.4 Å². The summed E-state index contributed by atoms with van der Waals surface area (Å²) < 4.78 is 8.26. The van der Waals surface area contributed by atoms with E-state index < -0.39 is 20.7 Å². The van der Waals surface area contributed by atoms with Gasteiger partial charge in [-0.15, -0.1) is 0 Å². The van der Waals surface area contributed by atoms with Gasteiger partial charge in [-0.2, -0.15) is 0 Å². The fraction of sp³-hybridized carbons (Fsp3) is 0.